The van der Waals surface area contributed by atoms with Gasteiger partial charge in [0.2, 0.25) is 10.0 Å². The van der Waals surface area contributed by atoms with E-state index in [0.29, 0.717) is 13.1 Å². The van der Waals surface area contributed by atoms with E-state index in [1.165, 1.54) is 39.5 Å². The van der Waals surface area contributed by atoms with Crippen LogP contribution in [0.5, 0.6) is 0 Å². The number of aromatic nitrogens is 1. The third-order valence-electron chi connectivity index (χ3n) is 5.51. The number of anilines is 1. The summed E-state index contributed by atoms with van der Waals surface area (Å²) in [6, 6.07) is 16.8. The molecule has 0 spiro atoms. The minimum Gasteiger partial charge on any atom is -0.279 e. The second-order valence-corrected chi connectivity index (χ2v) is 10.7. The van der Waals surface area contributed by atoms with E-state index in [-0.39, 0.29) is 32.4 Å². The molecule has 1 aromatic heterocycles. The third-order valence-corrected chi connectivity index (χ3v) is 8.60. The maximum absolute atomic E-state index is 14.3. The van der Waals surface area contributed by atoms with Gasteiger partial charge in [0.05, 0.1) is 16.1 Å². The Kier molecular flexibility index (Phi) is 7.25. The lowest BCUT2D eigenvalue weighted by atomic mass is 10.1. The standard InChI is InChI=1S/C25H23F2N3O3S2/c1-3-29(4-2)35(32,33)20-12-10-18(11-13-20)24(31)30(16-17-8-6-5-7-9-17)25-28-23-21(27)14-19(26)15-22(23)34-25/h5-15H,3-4,16H2,1-2H3. The van der Waals surface area contributed by atoms with E-state index in [0.717, 1.165) is 23.0 Å². The van der Waals surface area contributed by atoms with Crippen molar-refractivity contribution in [3.63, 3.8) is 0 Å². The molecule has 0 atom stereocenters. The highest BCUT2D eigenvalue weighted by atomic mass is 32.2. The number of benzene rings is 3. The van der Waals surface area contributed by atoms with Gasteiger partial charge >= 0.3 is 0 Å². The van der Waals surface area contributed by atoms with Crippen molar-refractivity contribution in [1.82, 2.24) is 9.29 Å². The number of halogens is 2. The molecule has 10 heteroatoms. The second-order valence-electron chi connectivity index (χ2n) is 7.72. The molecule has 0 bridgehead atoms. The van der Waals surface area contributed by atoms with Gasteiger partial charge in [-0.25, -0.2) is 22.2 Å². The number of nitrogens with zero attached hydrogens (tertiary/aromatic N) is 3. The molecule has 0 saturated heterocycles. The van der Waals surface area contributed by atoms with Gasteiger partial charge in [0, 0.05) is 24.7 Å². The van der Waals surface area contributed by atoms with Crippen LogP contribution in [0.15, 0.2) is 71.6 Å². The molecule has 0 saturated carbocycles. The summed E-state index contributed by atoms with van der Waals surface area (Å²) in [5.74, 6) is -1.97. The predicted molar refractivity (Wildman–Crippen MR) is 133 cm³/mol. The zero-order chi connectivity index (χ0) is 25.2. The van der Waals surface area contributed by atoms with E-state index in [1.807, 2.05) is 30.3 Å². The Hall–Kier alpha value is -3.21. The van der Waals surface area contributed by atoms with Gasteiger partial charge in [-0.1, -0.05) is 55.5 Å². The van der Waals surface area contributed by atoms with Gasteiger partial charge < -0.3 is 0 Å². The molecule has 4 aromatic rings. The van der Waals surface area contributed by atoms with Gasteiger partial charge in [0.15, 0.2) is 10.9 Å². The molecule has 0 aliphatic heterocycles. The lowest BCUT2D eigenvalue weighted by Crippen LogP contribution is -2.31. The van der Waals surface area contributed by atoms with Gasteiger partial charge in [-0.05, 0) is 35.9 Å². The molecule has 3 aromatic carbocycles. The van der Waals surface area contributed by atoms with Crippen LogP contribution in [-0.2, 0) is 16.6 Å². The van der Waals surface area contributed by atoms with E-state index in [4.69, 9.17) is 0 Å². The summed E-state index contributed by atoms with van der Waals surface area (Å²) < 4.78 is 55.2. The number of carbonyl (C=O) groups is 1. The Balaban J connectivity index is 1.73. The summed E-state index contributed by atoms with van der Waals surface area (Å²) >= 11 is 1.00. The molecular formula is C25H23F2N3O3S2. The smallest absolute Gasteiger partial charge is 0.260 e. The average Bonchev–Trinajstić information content (AvgIpc) is 3.27. The number of amides is 1. The van der Waals surface area contributed by atoms with Crippen molar-refractivity contribution < 1.29 is 22.0 Å². The highest BCUT2D eigenvalue weighted by Crippen LogP contribution is 2.33. The summed E-state index contributed by atoms with van der Waals surface area (Å²) in [6.45, 7) is 4.32. The quantitative estimate of drug-likeness (QED) is 0.313. The fraction of sp³-hybridized carbons (Fsp3) is 0.200. The fourth-order valence-corrected chi connectivity index (χ4v) is 6.15. The predicted octanol–water partition coefficient (Wildman–Crippen LogP) is 5.45. The van der Waals surface area contributed by atoms with Crippen LogP contribution in [0.25, 0.3) is 10.2 Å². The fourth-order valence-electron chi connectivity index (χ4n) is 3.69. The van der Waals surface area contributed by atoms with Crippen molar-refractivity contribution >= 4 is 42.6 Å². The molecule has 0 radical (unpaired) electrons. The average molecular weight is 516 g/mol. The summed E-state index contributed by atoms with van der Waals surface area (Å²) in [6.07, 6.45) is 0. The lowest BCUT2D eigenvalue weighted by molar-refractivity contribution is 0.0985. The van der Waals surface area contributed by atoms with Crippen molar-refractivity contribution in [3.8, 4) is 0 Å². The third kappa shape index (κ3) is 5.09. The van der Waals surface area contributed by atoms with Crippen molar-refractivity contribution in [2.75, 3.05) is 18.0 Å². The van der Waals surface area contributed by atoms with Gasteiger partial charge in [-0.15, -0.1) is 0 Å². The molecule has 4 rings (SSSR count). The van der Waals surface area contributed by atoms with Crippen LogP contribution < -0.4 is 4.90 Å². The molecule has 0 unspecified atom stereocenters. The number of thiazole rings is 1. The second kappa shape index (κ2) is 10.2. The summed E-state index contributed by atoms with van der Waals surface area (Å²) in [7, 11) is -3.67. The molecule has 6 nitrogen and oxygen atoms in total. The maximum Gasteiger partial charge on any atom is 0.260 e. The molecule has 1 heterocycles. The van der Waals surface area contributed by atoms with Crippen LogP contribution in [0.1, 0.15) is 29.8 Å². The van der Waals surface area contributed by atoms with Crippen LogP contribution in [-0.4, -0.2) is 36.7 Å². The number of hydrogen-bond donors (Lipinski definition) is 0. The normalized spacial score (nSPS) is 11.8. The number of fused-ring (bicyclic) bond motifs is 1. The zero-order valence-corrected chi connectivity index (χ0v) is 20.7. The van der Waals surface area contributed by atoms with Crippen LogP contribution in [0.3, 0.4) is 0 Å². The van der Waals surface area contributed by atoms with E-state index in [2.05, 4.69) is 4.98 Å². The van der Waals surface area contributed by atoms with Gasteiger partial charge in [-0.2, -0.15) is 4.31 Å². The Morgan fingerprint density at radius 1 is 0.971 bits per heavy atom. The SMILES string of the molecule is CCN(CC)S(=O)(=O)c1ccc(C(=O)N(Cc2ccccc2)c2nc3c(F)cc(F)cc3s2)cc1. The Labute approximate surface area is 206 Å². The van der Waals surface area contributed by atoms with Crippen LogP contribution >= 0.6 is 11.3 Å². The molecule has 182 valence electrons. The Bertz CT molecular complexity index is 1450. The van der Waals surface area contributed by atoms with Crippen molar-refractivity contribution in [2.24, 2.45) is 0 Å². The summed E-state index contributed by atoms with van der Waals surface area (Å²) in [5, 5.41) is 0.207. The first-order valence-electron chi connectivity index (χ1n) is 11.0. The number of hydrogen-bond acceptors (Lipinski definition) is 5. The van der Waals surface area contributed by atoms with Crippen molar-refractivity contribution in [3.05, 3.63) is 89.5 Å². The Morgan fingerprint density at radius 2 is 1.63 bits per heavy atom. The molecule has 0 fully saturated rings. The molecule has 0 aliphatic rings. The largest absolute Gasteiger partial charge is 0.279 e. The van der Waals surface area contributed by atoms with Crippen LogP contribution in [0, 0.1) is 11.6 Å². The van der Waals surface area contributed by atoms with E-state index >= 15 is 0 Å². The van der Waals surface area contributed by atoms with E-state index in [9.17, 15) is 22.0 Å². The Morgan fingerprint density at radius 3 is 2.26 bits per heavy atom. The highest BCUT2D eigenvalue weighted by Gasteiger charge is 2.25. The number of carbonyl (C=O) groups excluding carboxylic acids is 1. The molecular weight excluding hydrogens is 492 g/mol. The monoisotopic (exact) mass is 515 g/mol. The zero-order valence-electron chi connectivity index (χ0n) is 19.1. The number of rotatable bonds is 8. The first-order valence-corrected chi connectivity index (χ1v) is 13.2. The summed E-state index contributed by atoms with van der Waals surface area (Å²) in [5.41, 5.74) is 1.04. The first kappa shape index (κ1) is 24.9. The lowest BCUT2D eigenvalue weighted by Gasteiger charge is -2.21. The molecule has 1 amide bonds. The number of sulfonamides is 1. The van der Waals surface area contributed by atoms with Gasteiger partial charge in [0.1, 0.15) is 11.3 Å². The maximum atomic E-state index is 14.3. The van der Waals surface area contributed by atoms with Crippen molar-refractivity contribution in [2.45, 2.75) is 25.3 Å². The first-order chi connectivity index (χ1) is 16.7. The minimum absolute atomic E-state index is 0.0158. The highest BCUT2D eigenvalue weighted by molar-refractivity contribution is 7.89. The van der Waals surface area contributed by atoms with E-state index in [1.54, 1.807) is 13.8 Å². The van der Waals surface area contributed by atoms with Gasteiger partial charge in [-0.3, -0.25) is 9.69 Å². The summed E-state index contributed by atoms with van der Waals surface area (Å²) in [4.78, 5) is 19.3. The minimum atomic E-state index is -3.67. The van der Waals surface area contributed by atoms with Crippen molar-refractivity contribution in [1.29, 1.82) is 0 Å². The van der Waals surface area contributed by atoms with Gasteiger partial charge in [0.25, 0.3) is 5.91 Å². The molecule has 0 aliphatic carbocycles. The molecule has 35 heavy (non-hydrogen) atoms. The van der Waals surface area contributed by atoms with E-state index < -0.39 is 27.6 Å². The van der Waals surface area contributed by atoms with Crippen LogP contribution in [0.2, 0.25) is 0 Å². The molecule has 0 N–H and O–H groups in total. The topological polar surface area (TPSA) is 70.6 Å². The van der Waals surface area contributed by atoms with Crippen LogP contribution in [0.4, 0.5) is 13.9 Å².